The largest absolute Gasteiger partial charge is 0.405 e. The van der Waals surface area contributed by atoms with E-state index in [1.165, 1.54) is 25.2 Å². The van der Waals surface area contributed by atoms with Gasteiger partial charge < -0.3 is 10.6 Å². The molecule has 0 amide bonds. The van der Waals surface area contributed by atoms with Crippen LogP contribution < -0.4 is 10.6 Å². The zero-order chi connectivity index (χ0) is 13.1. The monoisotopic (exact) mass is 250 g/mol. The van der Waals surface area contributed by atoms with Crippen molar-refractivity contribution >= 4 is 5.69 Å². The Bertz CT molecular complexity index is 376. The molecule has 0 fully saturated rings. The number of hydrogen-bond acceptors (Lipinski definition) is 2. The van der Waals surface area contributed by atoms with E-state index in [4.69, 9.17) is 5.73 Å². The summed E-state index contributed by atoms with van der Waals surface area (Å²) in [7, 11) is 1.28. The van der Waals surface area contributed by atoms with Gasteiger partial charge in [-0.25, -0.2) is 4.39 Å². The number of hydrogen-bond donors (Lipinski definition) is 1. The lowest BCUT2D eigenvalue weighted by molar-refractivity contribution is -0.119. The lowest BCUT2D eigenvalue weighted by atomic mass is 10.1. The van der Waals surface area contributed by atoms with Gasteiger partial charge in [-0.15, -0.1) is 0 Å². The predicted molar refractivity (Wildman–Crippen MR) is 58.5 cm³/mol. The van der Waals surface area contributed by atoms with Gasteiger partial charge in [0.05, 0.1) is 0 Å². The van der Waals surface area contributed by atoms with Gasteiger partial charge in [0.15, 0.2) is 0 Å². The van der Waals surface area contributed by atoms with E-state index in [9.17, 15) is 17.6 Å². The fraction of sp³-hybridized carbons (Fsp3) is 0.455. The molecule has 0 saturated heterocycles. The van der Waals surface area contributed by atoms with Gasteiger partial charge in [-0.05, 0) is 25.1 Å². The second-order valence-corrected chi connectivity index (χ2v) is 3.75. The molecule has 0 atom stereocenters. The second kappa shape index (κ2) is 5.35. The maximum absolute atomic E-state index is 13.5. The van der Waals surface area contributed by atoms with Crippen LogP contribution in [0.15, 0.2) is 18.2 Å². The first-order chi connectivity index (χ1) is 7.85. The van der Waals surface area contributed by atoms with Gasteiger partial charge in [-0.2, -0.15) is 13.2 Å². The standard InChI is InChI=1S/C11H14F4N2/c1-17(7-11(13,14)15)10-4-2-3-9(12)8(10)5-6-16/h2-4H,5-7,16H2,1H3. The zero-order valence-electron chi connectivity index (χ0n) is 9.39. The summed E-state index contributed by atoms with van der Waals surface area (Å²) < 4.78 is 50.2. The summed E-state index contributed by atoms with van der Waals surface area (Å²) in [4.78, 5) is 0.980. The summed E-state index contributed by atoms with van der Waals surface area (Å²) in [5, 5.41) is 0. The van der Waals surface area contributed by atoms with Crippen molar-refractivity contribution in [3.63, 3.8) is 0 Å². The van der Waals surface area contributed by atoms with Gasteiger partial charge in [0.25, 0.3) is 0 Å². The number of rotatable bonds is 4. The van der Waals surface area contributed by atoms with Crippen molar-refractivity contribution in [1.29, 1.82) is 0 Å². The van der Waals surface area contributed by atoms with Gasteiger partial charge in [-0.1, -0.05) is 6.07 Å². The summed E-state index contributed by atoms with van der Waals surface area (Å²) in [5.41, 5.74) is 5.77. The molecule has 0 aliphatic heterocycles. The van der Waals surface area contributed by atoms with Crippen LogP contribution in [-0.4, -0.2) is 26.3 Å². The summed E-state index contributed by atoms with van der Waals surface area (Å²) in [6, 6.07) is 4.06. The van der Waals surface area contributed by atoms with Crippen LogP contribution in [0.25, 0.3) is 0 Å². The van der Waals surface area contributed by atoms with Crippen LogP contribution in [0.5, 0.6) is 0 Å². The van der Waals surface area contributed by atoms with Crippen molar-refractivity contribution in [2.45, 2.75) is 12.6 Å². The number of benzene rings is 1. The molecule has 0 aliphatic rings. The number of halogens is 4. The summed E-state index contributed by atoms with van der Waals surface area (Å²) in [6.45, 7) is -0.929. The topological polar surface area (TPSA) is 29.3 Å². The Balaban J connectivity index is 3.00. The summed E-state index contributed by atoms with van der Waals surface area (Å²) in [5.74, 6) is -0.526. The zero-order valence-corrected chi connectivity index (χ0v) is 9.39. The Morgan fingerprint density at radius 2 is 1.94 bits per heavy atom. The van der Waals surface area contributed by atoms with Crippen molar-refractivity contribution in [1.82, 2.24) is 0 Å². The normalized spacial score (nSPS) is 11.6. The Morgan fingerprint density at radius 3 is 2.47 bits per heavy atom. The van der Waals surface area contributed by atoms with Crippen LogP contribution in [0, 0.1) is 5.82 Å². The van der Waals surface area contributed by atoms with Crippen molar-refractivity contribution < 1.29 is 17.6 Å². The molecule has 0 heterocycles. The molecule has 0 aliphatic carbocycles. The molecule has 1 rings (SSSR count). The molecule has 0 aromatic heterocycles. The van der Waals surface area contributed by atoms with Crippen molar-refractivity contribution in [3.05, 3.63) is 29.6 Å². The molecule has 2 N–H and O–H groups in total. The highest BCUT2D eigenvalue weighted by atomic mass is 19.4. The van der Waals surface area contributed by atoms with Crippen molar-refractivity contribution in [3.8, 4) is 0 Å². The van der Waals surface area contributed by atoms with Crippen LogP contribution in [-0.2, 0) is 6.42 Å². The van der Waals surface area contributed by atoms with Crippen LogP contribution >= 0.6 is 0 Å². The molecule has 1 aromatic rings. The molecule has 96 valence electrons. The highest BCUT2D eigenvalue weighted by molar-refractivity contribution is 5.54. The van der Waals surface area contributed by atoms with E-state index in [2.05, 4.69) is 0 Å². The highest BCUT2D eigenvalue weighted by Gasteiger charge is 2.30. The fourth-order valence-corrected chi connectivity index (χ4v) is 1.65. The first-order valence-electron chi connectivity index (χ1n) is 5.10. The van der Waals surface area contributed by atoms with Gasteiger partial charge in [0.1, 0.15) is 12.4 Å². The molecule has 0 spiro atoms. The van der Waals surface area contributed by atoms with E-state index in [0.717, 1.165) is 4.90 Å². The number of nitrogens with zero attached hydrogens (tertiary/aromatic N) is 1. The summed E-state index contributed by atoms with van der Waals surface area (Å²) in [6.07, 6.45) is -4.11. The van der Waals surface area contributed by atoms with Crippen LogP contribution in [0.3, 0.4) is 0 Å². The van der Waals surface area contributed by atoms with Gasteiger partial charge in [-0.3, -0.25) is 0 Å². The number of alkyl halides is 3. The van der Waals surface area contributed by atoms with E-state index < -0.39 is 18.5 Å². The minimum atomic E-state index is -4.32. The van der Waals surface area contributed by atoms with Crippen molar-refractivity contribution in [2.24, 2.45) is 5.73 Å². The van der Waals surface area contributed by atoms with Crippen LogP contribution in [0.4, 0.5) is 23.2 Å². The third kappa shape index (κ3) is 3.89. The Labute approximate surface area is 97.0 Å². The molecule has 1 aromatic carbocycles. The van der Waals surface area contributed by atoms with Gasteiger partial charge in [0.2, 0.25) is 0 Å². The molecular formula is C11H14F4N2. The van der Waals surface area contributed by atoms with E-state index in [0.29, 0.717) is 0 Å². The molecular weight excluding hydrogens is 236 g/mol. The maximum Gasteiger partial charge on any atom is 0.405 e. The van der Waals surface area contributed by atoms with E-state index in [1.807, 2.05) is 0 Å². The summed E-state index contributed by atoms with van der Waals surface area (Å²) >= 11 is 0. The molecule has 0 saturated carbocycles. The average molecular weight is 250 g/mol. The van der Waals surface area contributed by atoms with E-state index in [1.54, 1.807) is 0 Å². The lowest BCUT2D eigenvalue weighted by Crippen LogP contribution is -2.31. The minimum Gasteiger partial charge on any atom is -0.365 e. The molecule has 17 heavy (non-hydrogen) atoms. The molecule has 2 nitrogen and oxygen atoms in total. The molecule has 0 unspecified atom stereocenters. The number of anilines is 1. The molecule has 0 bridgehead atoms. The first-order valence-corrected chi connectivity index (χ1v) is 5.10. The fourth-order valence-electron chi connectivity index (χ4n) is 1.65. The third-order valence-electron chi connectivity index (χ3n) is 2.32. The smallest absolute Gasteiger partial charge is 0.365 e. The van der Waals surface area contributed by atoms with Gasteiger partial charge in [0, 0.05) is 18.3 Å². The first kappa shape index (κ1) is 13.8. The number of nitrogens with two attached hydrogens (primary N) is 1. The van der Waals surface area contributed by atoms with E-state index >= 15 is 0 Å². The lowest BCUT2D eigenvalue weighted by Gasteiger charge is -2.23. The second-order valence-electron chi connectivity index (χ2n) is 3.75. The predicted octanol–water partition coefficient (Wildman–Crippen LogP) is 2.33. The SMILES string of the molecule is CN(CC(F)(F)F)c1cccc(F)c1CCN. The quantitative estimate of drug-likeness (QED) is 0.831. The maximum atomic E-state index is 13.5. The van der Waals surface area contributed by atoms with Crippen molar-refractivity contribution in [2.75, 3.05) is 25.0 Å². The Kier molecular flexibility index (Phi) is 4.34. The minimum absolute atomic E-state index is 0.188. The molecule has 6 heteroatoms. The third-order valence-corrected chi connectivity index (χ3v) is 2.32. The van der Waals surface area contributed by atoms with Gasteiger partial charge >= 0.3 is 6.18 Å². The van der Waals surface area contributed by atoms with Crippen LogP contribution in [0.2, 0.25) is 0 Å². The average Bonchev–Trinajstić information content (AvgIpc) is 2.18. The van der Waals surface area contributed by atoms with Crippen LogP contribution in [0.1, 0.15) is 5.56 Å². The highest BCUT2D eigenvalue weighted by Crippen LogP contribution is 2.26. The Morgan fingerprint density at radius 1 is 1.29 bits per heavy atom. The Hall–Kier alpha value is -1.30. The van der Waals surface area contributed by atoms with E-state index in [-0.39, 0.29) is 24.2 Å². The molecule has 0 radical (unpaired) electrons.